The maximum Gasteiger partial charge on any atom is 0.273 e. The molecule has 15 heavy (non-hydrogen) atoms. The lowest BCUT2D eigenvalue weighted by Crippen LogP contribution is -2.27. The number of methoxy groups -OCH3 is 1. The van der Waals surface area contributed by atoms with Gasteiger partial charge in [-0.25, -0.2) is 0 Å². The smallest absolute Gasteiger partial charge is 0.273 e. The van der Waals surface area contributed by atoms with Crippen LogP contribution in [0, 0.1) is 0 Å². The van der Waals surface area contributed by atoms with Crippen LogP contribution in [0.15, 0.2) is 6.20 Å². The van der Waals surface area contributed by atoms with Crippen LogP contribution in [0.1, 0.15) is 16.9 Å². The Kier molecular flexibility index (Phi) is 5.06. The highest BCUT2D eigenvalue weighted by Gasteiger charge is 2.09. The summed E-state index contributed by atoms with van der Waals surface area (Å²) in [5.41, 5.74) is 0.271. The van der Waals surface area contributed by atoms with E-state index in [0.717, 1.165) is 0 Å². The Labute approximate surface area is 92.3 Å². The van der Waals surface area contributed by atoms with E-state index >= 15 is 0 Å². The van der Waals surface area contributed by atoms with E-state index in [0.29, 0.717) is 19.6 Å². The number of halogens is 1. The van der Waals surface area contributed by atoms with Crippen LogP contribution < -0.4 is 5.32 Å². The van der Waals surface area contributed by atoms with E-state index in [-0.39, 0.29) is 17.0 Å². The van der Waals surface area contributed by atoms with Gasteiger partial charge in [-0.3, -0.25) is 4.79 Å². The molecule has 1 atom stereocenters. The monoisotopic (exact) mass is 232 g/mol. The number of alkyl halides is 1. The molecule has 1 rings (SSSR count). The zero-order chi connectivity index (χ0) is 11.1. The molecule has 1 unspecified atom stereocenters. The molecule has 1 aromatic rings. The molecular weight excluding hydrogens is 220 g/mol. The fraction of sp³-hybridized carbons (Fsp3) is 0.625. The molecule has 1 aromatic heterocycles. The number of aromatic nitrogens is 3. The minimum Gasteiger partial charge on any atom is -0.383 e. The summed E-state index contributed by atoms with van der Waals surface area (Å²) in [7, 11) is 1.59. The zero-order valence-electron chi connectivity index (χ0n) is 8.36. The van der Waals surface area contributed by atoms with Gasteiger partial charge >= 0.3 is 0 Å². The lowest BCUT2D eigenvalue weighted by molar-refractivity contribution is 0.0946. The van der Waals surface area contributed by atoms with Crippen LogP contribution in [-0.4, -0.2) is 47.0 Å². The summed E-state index contributed by atoms with van der Waals surface area (Å²) in [6.07, 6.45) is 2.02. The van der Waals surface area contributed by atoms with Crippen LogP contribution in [-0.2, 0) is 4.74 Å². The maximum atomic E-state index is 11.3. The van der Waals surface area contributed by atoms with E-state index in [4.69, 9.17) is 16.3 Å². The number of nitrogens with one attached hydrogen (secondary N) is 2. The van der Waals surface area contributed by atoms with Gasteiger partial charge in [-0.2, -0.15) is 15.4 Å². The molecule has 7 heteroatoms. The van der Waals surface area contributed by atoms with Gasteiger partial charge in [0.25, 0.3) is 5.91 Å². The van der Waals surface area contributed by atoms with Crippen molar-refractivity contribution in [1.82, 2.24) is 20.7 Å². The molecule has 1 heterocycles. The molecule has 1 amide bonds. The number of hydrogen-bond donors (Lipinski definition) is 2. The van der Waals surface area contributed by atoms with Crippen molar-refractivity contribution in [2.75, 3.05) is 20.3 Å². The minimum absolute atomic E-state index is 0.0902. The van der Waals surface area contributed by atoms with Crippen LogP contribution in [0.3, 0.4) is 0 Å². The van der Waals surface area contributed by atoms with Crippen LogP contribution in [0.2, 0.25) is 0 Å². The van der Waals surface area contributed by atoms with Gasteiger partial charge in [0.2, 0.25) is 0 Å². The van der Waals surface area contributed by atoms with Crippen molar-refractivity contribution in [3.05, 3.63) is 11.9 Å². The number of amides is 1. The third kappa shape index (κ3) is 4.26. The lowest BCUT2D eigenvalue weighted by Gasteiger charge is -2.07. The SMILES string of the molecule is COCC(Cl)CCNC(=O)c1cn[nH]n1. The standard InChI is InChI=1S/C8H13ClN4O2/c1-15-5-6(9)2-3-10-8(14)7-4-11-13-12-7/h4,6H,2-3,5H2,1H3,(H,10,14)(H,11,12,13). The van der Waals surface area contributed by atoms with Crippen molar-refractivity contribution in [2.24, 2.45) is 0 Å². The first-order chi connectivity index (χ1) is 7.24. The number of rotatable bonds is 6. The first kappa shape index (κ1) is 11.9. The summed E-state index contributed by atoms with van der Waals surface area (Å²) in [6, 6.07) is 0. The number of carbonyl (C=O) groups is 1. The quantitative estimate of drug-likeness (QED) is 0.686. The fourth-order valence-electron chi connectivity index (χ4n) is 1.01. The van der Waals surface area contributed by atoms with Gasteiger partial charge in [0.05, 0.1) is 18.2 Å². The molecule has 0 aromatic carbocycles. The normalized spacial score (nSPS) is 12.4. The molecule has 0 bridgehead atoms. The highest BCUT2D eigenvalue weighted by molar-refractivity contribution is 6.20. The Morgan fingerprint density at radius 2 is 2.60 bits per heavy atom. The predicted molar refractivity (Wildman–Crippen MR) is 54.8 cm³/mol. The van der Waals surface area contributed by atoms with Gasteiger partial charge in [-0.1, -0.05) is 0 Å². The molecule has 0 radical (unpaired) electrons. The molecule has 0 aliphatic rings. The predicted octanol–water partition coefficient (Wildman–Crippen LogP) is 0.178. The number of nitrogens with zero attached hydrogens (tertiary/aromatic N) is 2. The molecule has 6 nitrogen and oxygen atoms in total. The van der Waals surface area contributed by atoms with Crippen LogP contribution in [0.5, 0.6) is 0 Å². The Morgan fingerprint density at radius 1 is 1.80 bits per heavy atom. The van der Waals surface area contributed by atoms with Crippen LogP contribution in [0.25, 0.3) is 0 Å². The summed E-state index contributed by atoms with van der Waals surface area (Å²) in [6.45, 7) is 0.963. The Morgan fingerprint density at radius 3 is 3.20 bits per heavy atom. The third-order valence-corrected chi connectivity index (χ3v) is 2.08. The first-order valence-corrected chi connectivity index (χ1v) is 4.94. The van der Waals surface area contributed by atoms with Gasteiger partial charge in [-0.05, 0) is 6.42 Å². The van der Waals surface area contributed by atoms with Crippen LogP contribution >= 0.6 is 11.6 Å². The fourth-order valence-corrected chi connectivity index (χ4v) is 1.24. The molecule has 0 spiro atoms. The van der Waals surface area contributed by atoms with Crippen molar-refractivity contribution < 1.29 is 9.53 Å². The number of carbonyl (C=O) groups excluding carboxylic acids is 1. The van der Waals surface area contributed by atoms with Crippen molar-refractivity contribution in [2.45, 2.75) is 11.8 Å². The van der Waals surface area contributed by atoms with Gasteiger partial charge in [0, 0.05) is 13.7 Å². The van der Waals surface area contributed by atoms with E-state index in [9.17, 15) is 4.79 Å². The average molecular weight is 233 g/mol. The average Bonchev–Trinajstić information content (AvgIpc) is 2.70. The summed E-state index contributed by atoms with van der Waals surface area (Å²) in [5.74, 6) is -0.259. The van der Waals surface area contributed by atoms with Gasteiger partial charge < -0.3 is 10.1 Å². The topological polar surface area (TPSA) is 79.9 Å². The number of hydrogen-bond acceptors (Lipinski definition) is 4. The molecule has 0 saturated heterocycles. The van der Waals surface area contributed by atoms with E-state index in [1.54, 1.807) is 7.11 Å². The van der Waals surface area contributed by atoms with E-state index in [1.807, 2.05) is 0 Å². The van der Waals surface area contributed by atoms with E-state index in [2.05, 4.69) is 20.7 Å². The first-order valence-electron chi connectivity index (χ1n) is 4.51. The number of H-pyrrole nitrogens is 1. The number of aromatic amines is 1. The summed E-state index contributed by atoms with van der Waals surface area (Å²) >= 11 is 5.88. The van der Waals surface area contributed by atoms with Crippen molar-refractivity contribution >= 4 is 17.5 Å². The summed E-state index contributed by atoms with van der Waals surface area (Å²) in [4.78, 5) is 11.3. The number of ether oxygens (including phenoxy) is 1. The molecule has 0 fully saturated rings. The Balaban J connectivity index is 2.18. The summed E-state index contributed by atoms with van der Waals surface area (Å²) in [5, 5.41) is 12.1. The highest BCUT2D eigenvalue weighted by atomic mass is 35.5. The molecule has 0 aliphatic carbocycles. The molecule has 2 N–H and O–H groups in total. The van der Waals surface area contributed by atoms with Gasteiger partial charge in [-0.15, -0.1) is 11.6 Å². The Hall–Kier alpha value is -1.14. The van der Waals surface area contributed by atoms with Crippen molar-refractivity contribution in [3.63, 3.8) is 0 Å². The zero-order valence-corrected chi connectivity index (χ0v) is 9.12. The second kappa shape index (κ2) is 6.36. The second-order valence-electron chi connectivity index (χ2n) is 2.95. The van der Waals surface area contributed by atoms with E-state index < -0.39 is 0 Å². The molecule has 84 valence electrons. The van der Waals surface area contributed by atoms with Crippen molar-refractivity contribution in [3.8, 4) is 0 Å². The second-order valence-corrected chi connectivity index (χ2v) is 3.57. The van der Waals surface area contributed by atoms with Gasteiger partial charge in [0.15, 0.2) is 5.69 Å². The van der Waals surface area contributed by atoms with Crippen LogP contribution in [0.4, 0.5) is 0 Å². The molecule has 0 saturated carbocycles. The minimum atomic E-state index is -0.259. The lowest BCUT2D eigenvalue weighted by atomic mass is 10.3. The van der Waals surface area contributed by atoms with Crippen molar-refractivity contribution in [1.29, 1.82) is 0 Å². The van der Waals surface area contributed by atoms with Gasteiger partial charge in [0.1, 0.15) is 0 Å². The third-order valence-electron chi connectivity index (χ3n) is 1.74. The molecular formula is C8H13ClN4O2. The highest BCUT2D eigenvalue weighted by Crippen LogP contribution is 2.00. The molecule has 0 aliphatic heterocycles. The maximum absolute atomic E-state index is 11.3. The Bertz CT molecular complexity index is 291. The van der Waals surface area contributed by atoms with E-state index in [1.165, 1.54) is 6.20 Å². The summed E-state index contributed by atoms with van der Waals surface area (Å²) < 4.78 is 4.86. The largest absolute Gasteiger partial charge is 0.383 e.